The van der Waals surface area contributed by atoms with Crippen molar-refractivity contribution >= 4 is 11.9 Å². The first kappa shape index (κ1) is 17.2. The van der Waals surface area contributed by atoms with Gasteiger partial charge in [0.1, 0.15) is 0 Å². The van der Waals surface area contributed by atoms with Gasteiger partial charge in [-0.1, -0.05) is 30.3 Å². The van der Waals surface area contributed by atoms with Crippen molar-refractivity contribution in [1.82, 2.24) is 5.32 Å². The average Bonchev–Trinajstić information content (AvgIpc) is 2.48. The zero-order chi connectivity index (χ0) is 15.5. The van der Waals surface area contributed by atoms with Gasteiger partial charge >= 0.3 is 5.97 Å². The van der Waals surface area contributed by atoms with Crippen LogP contribution >= 0.6 is 0 Å². The molecule has 116 valence electrons. The Hall–Kier alpha value is -1.88. The third-order valence-electron chi connectivity index (χ3n) is 3.22. The van der Waals surface area contributed by atoms with Gasteiger partial charge in [-0.15, -0.1) is 0 Å². The SMILES string of the molecule is COCCCCC(=O)NCC(Cc1ccccc1)C(=O)O. The van der Waals surface area contributed by atoms with E-state index in [-0.39, 0.29) is 12.5 Å². The number of carboxylic acid groups (broad SMARTS) is 1. The molecule has 1 rings (SSSR count). The van der Waals surface area contributed by atoms with Crippen LogP contribution in [0.2, 0.25) is 0 Å². The van der Waals surface area contributed by atoms with E-state index < -0.39 is 11.9 Å². The summed E-state index contributed by atoms with van der Waals surface area (Å²) in [4.78, 5) is 22.9. The average molecular weight is 293 g/mol. The molecule has 1 aromatic rings. The molecule has 0 saturated heterocycles. The molecule has 1 unspecified atom stereocenters. The number of carboxylic acids is 1. The molecule has 0 radical (unpaired) electrons. The summed E-state index contributed by atoms with van der Waals surface area (Å²) in [5, 5.41) is 11.9. The molecular weight excluding hydrogens is 270 g/mol. The van der Waals surface area contributed by atoms with Crippen LogP contribution in [0.3, 0.4) is 0 Å². The Morgan fingerprint density at radius 2 is 1.95 bits per heavy atom. The van der Waals surface area contributed by atoms with E-state index in [1.54, 1.807) is 7.11 Å². The lowest BCUT2D eigenvalue weighted by Gasteiger charge is -2.13. The molecule has 5 nitrogen and oxygen atoms in total. The third kappa shape index (κ3) is 7.46. The van der Waals surface area contributed by atoms with Crippen molar-refractivity contribution < 1.29 is 19.4 Å². The molecule has 21 heavy (non-hydrogen) atoms. The smallest absolute Gasteiger partial charge is 0.308 e. The lowest BCUT2D eigenvalue weighted by molar-refractivity contribution is -0.141. The normalized spacial score (nSPS) is 11.9. The highest BCUT2D eigenvalue weighted by molar-refractivity contribution is 5.77. The molecule has 5 heteroatoms. The van der Waals surface area contributed by atoms with Gasteiger partial charge in [-0.05, 0) is 24.8 Å². The van der Waals surface area contributed by atoms with Gasteiger partial charge in [0.2, 0.25) is 5.91 Å². The minimum atomic E-state index is -0.890. The number of unbranched alkanes of at least 4 members (excludes halogenated alkanes) is 1. The molecule has 2 N–H and O–H groups in total. The minimum absolute atomic E-state index is 0.106. The molecule has 0 heterocycles. The number of methoxy groups -OCH3 is 1. The Morgan fingerprint density at radius 3 is 2.57 bits per heavy atom. The Bertz CT molecular complexity index is 433. The monoisotopic (exact) mass is 293 g/mol. The second-order valence-corrected chi connectivity index (χ2v) is 4.98. The van der Waals surface area contributed by atoms with Crippen molar-refractivity contribution in [1.29, 1.82) is 0 Å². The quantitative estimate of drug-likeness (QED) is 0.646. The van der Waals surface area contributed by atoms with Gasteiger partial charge in [-0.25, -0.2) is 0 Å². The van der Waals surface area contributed by atoms with E-state index in [1.165, 1.54) is 0 Å². The van der Waals surface area contributed by atoms with E-state index in [9.17, 15) is 14.7 Å². The van der Waals surface area contributed by atoms with Crippen LogP contribution < -0.4 is 5.32 Å². The molecule has 0 bridgehead atoms. The summed E-state index contributed by atoms with van der Waals surface area (Å²) < 4.78 is 4.91. The molecule has 0 aromatic heterocycles. The highest BCUT2D eigenvalue weighted by Crippen LogP contribution is 2.08. The Labute approximate surface area is 125 Å². The first-order chi connectivity index (χ1) is 10.1. The number of benzene rings is 1. The van der Waals surface area contributed by atoms with E-state index in [0.717, 1.165) is 18.4 Å². The highest BCUT2D eigenvalue weighted by Gasteiger charge is 2.18. The van der Waals surface area contributed by atoms with Gasteiger partial charge in [0.05, 0.1) is 5.92 Å². The van der Waals surface area contributed by atoms with Gasteiger partial charge < -0.3 is 15.2 Å². The predicted octanol–water partition coefficient (Wildman–Crippen LogP) is 1.86. The molecule has 1 amide bonds. The van der Waals surface area contributed by atoms with Crippen LogP contribution in [0.4, 0.5) is 0 Å². The summed E-state index contributed by atoms with van der Waals surface area (Å²) in [7, 11) is 1.63. The second kappa shape index (κ2) is 9.94. The molecule has 0 spiro atoms. The number of ether oxygens (including phenoxy) is 1. The lowest BCUT2D eigenvalue weighted by Crippen LogP contribution is -2.34. The standard InChI is InChI=1S/C16H23NO4/c1-21-10-6-5-9-15(18)17-12-14(16(19)20)11-13-7-3-2-4-8-13/h2-4,7-8,14H,5-6,9-12H2,1H3,(H,17,18)(H,19,20). The molecule has 0 aliphatic carbocycles. The number of nitrogens with one attached hydrogen (secondary N) is 1. The zero-order valence-electron chi connectivity index (χ0n) is 12.4. The van der Waals surface area contributed by atoms with Crippen molar-refractivity contribution in [2.75, 3.05) is 20.3 Å². The van der Waals surface area contributed by atoms with Crippen LogP contribution in [0.25, 0.3) is 0 Å². The van der Waals surface area contributed by atoms with E-state index in [2.05, 4.69) is 5.32 Å². The van der Waals surface area contributed by atoms with E-state index in [4.69, 9.17) is 4.74 Å². The van der Waals surface area contributed by atoms with Gasteiger partial charge in [0.25, 0.3) is 0 Å². The first-order valence-corrected chi connectivity index (χ1v) is 7.16. The van der Waals surface area contributed by atoms with Gasteiger partial charge in [0, 0.05) is 26.7 Å². The minimum Gasteiger partial charge on any atom is -0.481 e. The lowest BCUT2D eigenvalue weighted by atomic mass is 9.99. The maximum Gasteiger partial charge on any atom is 0.308 e. The third-order valence-corrected chi connectivity index (χ3v) is 3.22. The van der Waals surface area contributed by atoms with Crippen LogP contribution in [0.1, 0.15) is 24.8 Å². The van der Waals surface area contributed by atoms with Crippen LogP contribution in [0.5, 0.6) is 0 Å². The van der Waals surface area contributed by atoms with Gasteiger partial charge in [-0.3, -0.25) is 9.59 Å². The number of carbonyl (C=O) groups is 2. The summed E-state index contributed by atoms with van der Waals surface area (Å²) in [6.07, 6.45) is 2.40. The molecular formula is C16H23NO4. The van der Waals surface area contributed by atoms with E-state index in [1.807, 2.05) is 30.3 Å². The fraction of sp³-hybridized carbons (Fsp3) is 0.500. The number of hydrogen-bond acceptors (Lipinski definition) is 3. The van der Waals surface area contributed by atoms with Gasteiger partial charge in [-0.2, -0.15) is 0 Å². The fourth-order valence-corrected chi connectivity index (χ4v) is 2.00. The van der Waals surface area contributed by atoms with Gasteiger partial charge in [0.15, 0.2) is 0 Å². The van der Waals surface area contributed by atoms with Crippen LogP contribution in [0.15, 0.2) is 30.3 Å². The van der Waals surface area contributed by atoms with Crippen LogP contribution in [-0.4, -0.2) is 37.2 Å². The number of rotatable bonds is 10. The summed E-state index contributed by atoms with van der Waals surface area (Å²) in [5.74, 6) is -1.60. The summed E-state index contributed by atoms with van der Waals surface area (Å²) in [6, 6.07) is 9.43. The maximum atomic E-state index is 11.6. The van der Waals surface area contributed by atoms with Crippen LogP contribution in [0, 0.1) is 5.92 Å². The molecule has 0 fully saturated rings. The number of amides is 1. The number of aliphatic carboxylic acids is 1. The Balaban J connectivity index is 2.34. The second-order valence-electron chi connectivity index (χ2n) is 4.98. The highest BCUT2D eigenvalue weighted by atomic mass is 16.5. The molecule has 0 aliphatic rings. The molecule has 1 aromatic carbocycles. The van der Waals surface area contributed by atoms with Crippen molar-refractivity contribution in [3.8, 4) is 0 Å². The molecule has 0 saturated carbocycles. The summed E-state index contributed by atoms with van der Waals surface area (Å²) in [5.41, 5.74) is 0.958. The van der Waals surface area contributed by atoms with Crippen molar-refractivity contribution in [2.45, 2.75) is 25.7 Å². The molecule has 0 aliphatic heterocycles. The number of hydrogen-bond donors (Lipinski definition) is 2. The van der Waals surface area contributed by atoms with Crippen LogP contribution in [-0.2, 0) is 20.7 Å². The first-order valence-electron chi connectivity index (χ1n) is 7.16. The Morgan fingerprint density at radius 1 is 1.24 bits per heavy atom. The fourth-order valence-electron chi connectivity index (χ4n) is 2.00. The van der Waals surface area contributed by atoms with Crippen molar-refractivity contribution in [2.24, 2.45) is 5.92 Å². The number of carbonyl (C=O) groups excluding carboxylic acids is 1. The van der Waals surface area contributed by atoms with Crippen molar-refractivity contribution in [3.05, 3.63) is 35.9 Å². The zero-order valence-corrected chi connectivity index (χ0v) is 12.4. The largest absolute Gasteiger partial charge is 0.481 e. The summed E-state index contributed by atoms with van der Waals surface area (Å²) in [6.45, 7) is 0.798. The van der Waals surface area contributed by atoms with E-state index in [0.29, 0.717) is 19.4 Å². The van der Waals surface area contributed by atoms with E-state index >= 15 is 0 Å². The molecule has 1 atom stereocenters. The Kier molecular flexibility index (Phi) is 8.12. The summed E-state index contributed by atoms with van der Waals surface area (Å²) >= 11 is 0. The van der Waals surface area contributed by atoms with Crippen molar-refractivity contribution in [3.63, 3.8) is 0 Å². The maximum absolute atomic E-state index is 11.6. The topological polar surface area (TPSA) is 75.6 Å². The predicted molar refractivity (Wildman–Crippen MR) is 80.0 cm³/mol.